The molecule has 0 bridgehead atoms. The number of benzene rings is 2. The van der Waals surface area contributed by atoms with Crippen molar-refractivity contribution < 1.29 is 24.2 Å². The highest BCUT2D eigenvalue weighted by Crippen LogP contribution is 2.39. The molecule has 0 aliphatic carbocycles. The maximum Gasteiger partial charge on any atom is 0.280 e. The van der Waals surface area contributed by atoms with Crippen molar-refractivity contribution in [3.63, 3.8) is 0 Å². The number of rotatable bonds is 7. The van der Waals surface area contributed by atoms with Gasteiger partial charge in [0.1, 0.15) is 11.9 Å². The molecular weight excluding hydrogens is 338 g/mol. The summed E-state index contributed by atoms with van der Waals surface area (Å²) in [5.41, 5.74) is 2.78. The SMILES string of the molecule is COc1cc(C(C)Oc2c(C)cc(CO)cc2C)c([N+](=O)[O-])cc1OC. The van der Waals surface area contributed by atoms with E-state index in [1.54, 1.807) is 13.0 Å². The number of aliphatic hydroxyl groups excluding tert-OH is 1. The summed E-state index contributed by atoms with van der Waals surface area (Å²) in [6, 6.07) is 6.56. The summed E-state index contributed by atoms with van der Waals surface area (Å²) in [6.07, 6.45) is -0.590. The second-order valence-corrected chi connectivity index (χ2v) is 6.00. The van der Waals surface area contributed by atoms with Crippen molar-refractivity contribution in [1.82, 2.24) is 0 Å². The van der Waals surface area contributed by atoms with Gasteiger partial charge >= 0.3 is 0 Å². The first-order valence-corrected chi connectivity index (χ1v) is 8.10. The fourth-order valence-electron chi connectivity index (χ4n) is 2.93. The molecule has 0 amide bonds. The third kappa shape index (κ3) is 3.88. The Morgan fingerprint density at radius 1 is 1.08 bits per heavy atom. The van der Waals surface area contributed by atoms with Crippen LogP contribution < -0.4 is 14.2 Å². The van der Waals surface area contributed by atoms with E-state index < -0.39 is 11.0 Å². The van der Waals surface area contributed by atoms with Crippen LogP contribution >= 0.6 is 0 Å². The van der Waals surface area contributed by atoms with Crippen LogP contribution in [-0.2, 0) is 6.61 Å². The summed E-state index contributed by atoms with van der Waals surface area (Å²) >= 11 is 0. The molecule has 0 saturated heterocycles. The minimum atomic E-state index is -0.590. The highest BCUT2D eigenvalue weighted by Gasteiger charge is 2.25. The number of nitrogens with zero attached hydrogens (tertiary/aromatic N) is 1. The van der Waals surface area contributed by atoms with Gasteiger partial charge in [0, 0.05) is 0 Å². The van der Waals surface area contributed by atoms with Gasteiger partial charge in [-0.25, -0.2) is 0 Å². The summed E-state index contributed by atoms with van der Waals surface area (Å²) < 4.78 is 16.5. The molecule has 1 N–H and O–H groups in total. The molecule has 0 spiro atoms. The average Bonchev–Trinajstić information content (AvgIpc) is 2.62. The van der Waals surface area contributed by atoms with E-state index in [4.69, 9.17) is 14.2 Å². The smallest absolute Gasteiger partial charge is 0.280 e. The van der Waals surface area contributed by atoms with Crippen LogP contribution in [0.15, 0.2) is 24.3 Å². The molecule has 0 saturated carbocycles. The lowest BCUT2D eigenvalue weighted by molar-refractivity contribution is -0.386. The highest BCUT2D eigenvalue weighted by molar-refractivity contribution is 5.55. The van der Waals surface area contributed by atoms with Crippen LogP contribution in [-0.4, -0.2) is 24.2 Å². The van der Waals surface area contributed by atoms with E-state index >= 15 is 0 Å². The number of hydrogen-bond donors (Lipinski definition) is 1. The van der Waals surface area contributed by atoms with Crippen molar-refractivity contribution in [3.05, 3.63) is 56.6 Å². The Bertz CT molecular complexity index is 795. The summed E-state index contributed by atoms with van der Waals surface area (Å²) in [5, 5.41) is 20.8. The molecule has 26 heavy (non-hydrogen) atoms. The van der Waals surface area contributed by atoms with Gasteiger partial charge in [0.25, 0.3) is 5.69 Å². The third-order valence-corrected chi connectivity index (χ3v) is 4.16. The lowest BCUT2D eigenvalue weighted by atomic mass is 10.0. The molecule has 0 aliphatic heterocycles. The van der Waals surface area contributed by atoms with Crippen LogP contribution in [0.3, 0.4) is 0 Å². The van der Waals surface area contributed by atoms with E-state index in [0.717, 1.165) is 16.7 Å². The van der Waals surface area contributed by atoms with Crippen LogP contribution in [0.2, 0.25) is 0 Å². The molecule has 0 radical (unpaired) electrons. The minimum Gasteiger partial charge on any atom is -0.493 e. The van der Waals surface area contributed by atoms with Crippen LogP contribution in [0, 0.1) is 24.0 Å². The molecule has 0 aliphatic rings. The van der Waals surface area contributed by atoms with Gasteiger partial charge in [0.15, 0.2) is 11.5 Å². The lowest BCUT2D eigenvalue weighted by Crippen LogP contribution is -2.09. The molecule has 1 atom stereocenters. The van der Waals surface area contributed by atoms with Crippen LogP contribution in [0.4, 0.5) is 5.69 Å². The molecule has 2 aromatic carbocycles. The maximum atomic E-state index is 11.5. The van der Waals surface area contributed by atoms with Crippen molar-refractivity contribution in [2.24, 2.45) is 0 Å². The van der Waals surface area contributed by atoms with Gasteiger partial charge < -0.3 is 19.3 Å². The Balaban J connectivity index is 2.47. The first-order valence-electron chi connectivity index (χ1n) is 8.10. The zero-order valence-corrected chi connectivity index (χ0v) is 15.5. The number of ether oxygens (including phenoxy) is 3. The third-order valence-electron chi connectivity index (χ3n) is 4.16. The Kier molecular flexibility index (Phi) is 6.05. The largest absolute Gasteiger partial charge is 0.493 e. The zero-order valence-electron chi connectivity index (χ0n) is 15.5. The predicted octanol–water partition coefficient (Wildman–Crippen LogP) is 3.86. The summed E-state index contributed by atoms with van der Waals surface area (Å²) in [7, 11) is 2.90. The number of nitro benzene ring substituents is 1. The van der Waals surface area contributed by atoms with Crippen LogP contribution in [0.1, 0.15) is 35.3 Å². The normalized spacial score (nSPS) is 11.8. The monoisotopic (exact) mass is 361 g/mol. The number of hydrogen-bond acceptors (Lipinski definition) is 6. The topological polar surface area (TPSA) is 91.1 Å². The Hall–Kier alpha value is -2.80. The summed E-state index contributed by atoms with van der Waals surface area (Å²) in [4.78, 5) is 11.0. The van der Waals surface area contributed by atoms with E-state index in [9.17, 15) is 15.2 Å². The van der Waals surface area contributed by atoms with Gasteiger partial charge in [-0.05, 0) is 43.5 Å². The van der Waals surface area contributed by atoms with Gasteiger partial charge in [0.05, 0.1) is 37.4 Å². The van der Waals surface area contributed by atoms with E-state index in [-0.39, 0.29) is 18.0 Å². The van der Waals surface area contributed by atoms with Crippen molar-refractivity contribution in [2.75, 3.05) is 14.2 Å². The van der Waals surface area contributed by atoms with Crippen molar-refractivity contribution in [3.8, 4) is 17.2 Å². The van der Waals surface area contributed by atoms with Crippen molar-refractivity contribution in [1.29, 1.82) is 0 Å². The van der Waals surface area contributed by atoms with Gasteiger partial charge in [-0.1, -0.05) is 12.1 Å². The summed E-state index contributed by atoms with van der Waals surface area (Å²) in [5.74, 6) is 1.32. The predicted molar refractivity (Wildman–Crippen MR) is 97.1 cm³/mol. The fourth-order valence-corrected chi connectivity index (χ4v) is 2.93. The molecule has 0 aromatic heterocycles. The van der Waals surface area contributed by atoms with Gasteiger partial charge in [-0.2, -0.15) is 0 Å². The van der Waals surface area contributed by atoms with Gasteiger partial charge in [-0.3, -0.25) is 10.1 Å². The molecule has 7 heteroatoms. The molecule has 7 nitrogen and oxygen atoms in total. The quantitative estimate of drug-likeness (QED) is 0.595. The second kappa shape index (κ2) is 8.05. The average molecular weight is 361 g/mol. The maximum absolute atomic E-state index is 11.5. The van der Waals surface area contributed by atoms with E-state index in [1.807, 2.05) is 26.0 Å². The van der Waals surface area contributed by atoms with Gasteiger partial charge in [0.2, 0.25) is 0 Å². The van der Waals surface area contributed by atoms with E-state index in [1.165, 1.54) is 20.3 Å². The van der Waals surface area contributed by atoms with Crippen molar-refractivity contribution in [2.45, 2.75) is 33.5 Å². The van der Waals surface area contributed by atoms with Crippen LogP contribution in [0.25, 0.3) is 0 Å². The zero-order chi connectivity index (χ0) is 19.4. The minimum absolute atomic E-state index is 0.0569. The molecule has 0 heterocycles. The number of nitro groups is 1. The molecule has 1 unspecified atom stereocenters. The number of aryl methyl sites for hydroxylation is 2. The van der Waals surface area contributed by atoms with Gasteiger partial charge in [-0.15, -0.1) is 0 Å². The highest BCUT2D eigenvalue weighted by atomic mass is 16.6. The lowest BCUT2D eigenvalue weighted by Gasteiger charge is -2.20. The number of aliphatic hydroxyl groups is 1. The molecule has 0 fully saturated rings. The standard InChI is InChI=1S/C19H23NO6/c1-11-6-14(10-21)7-12(2)19(11)26-13(3)15-8-17(24-4)18(25-5)9-16(15)20(22)23/h6-9,13,21H,10H2,1-5H3. The second-order valence-electron chi connectivity index (χ2n) is 6.00. The Morgan fingerprint density at radius 3 is 2.08 bits per heavy atom. The number of methoxy groups -OCH3 is 2. The first-order chi connectivity index (χ1) is 12.3. The van der Waals surface area contributed by atoms with E-state index in [0.29, 0.717) is 17.1 Å². The Morgan fingerprint density at radius 2 is 1.62 bits per heavy atom. The summed E-state index contributed by atoms with van der Waals surface area (Å²) in [6.45, 7) is 5.43. The molecule has 2 aromatic rings. The molecular formula is C19H23NO6. The van der Waals surface area contributed by atoms with Crippen molar-refractivity contribution >= 4 is 5.69 Å². The molecule has 2 rings (SSSR count). The molecule has 140 valence electrons. The fraction of sp³-hybridized carbons (Fsp3) is 0.368. The first kappa shape index (κ1) is 19.5. The van der Waals surface area contributed by atoms with Crippen LogP contribution in [0.5, 0.6) is 17.2 Å². The van der Waals surface area contributed by atoms with E-state index in [2.05, 4.69) is 0 Å². The Labute approximate surface area is 152 Å².